The molecule has 3 aromatic rings. The molecule has 3 N–H and O–H groups in total. The van der Waals surface area contributed by atoms with Crippen LogP contribution in [0.4, 0.5) is 5.69 Å². The number of hydrogen-bond donors (Lipinski definition) is 3. The van der Waals surface area contributed by atoms with Gasteiger partial charge in [0, 0.05) is 53.4 Å². The minimum absolute atomic E-state index is 0.0187. The lowest BCUT2D eigenvalue weighted by Crippen LogP contribution is -2.46. The third-order valence-electron chi connectivity index (χ3n) is 7.16. The van der Waals surface area contributed by atoms with E-state index in [2.05, 4.69) is 5.32 Å². The fourth-order valence-corrected chi connectivity index (χ4v) is 5.17. The first-order chi connectivity index (χ1) is 20.5. The number of amides is 2. The maximum atomic E-state index is 14.1. The fraction of sp³-hybridized carbons (Fsp3) is 0.387. The van der Waals surface area contributed by atoms with Crippen molar-refractivity contribution >= 4 is 35.1 Å². The average molecular weight is 615 g/mol. The van der Waals surface area contributed by atoms with Gasteiger partial charge >= 0.3 is 5.97 Å². The van der Waals surface area contributed by atoms with E-state index in [1.165, 1.54) is 31.4 Å². The lowest BCUT2D eigenvalue weighted by Gasteiger charge is -2.32. The number of para-hydroxylation sites is 1. The molecule has 11 nitrogen and oxygen atoms in total. The number of hydrogen-bond acceptors (Lipinski definition) is 8. The Hall–Kier alpha value is -4.06. The van der Waals surface area contributed by atoms with Gasteiger partial charge in [0.05, 0.1) is 26.9 Å². The molecular weight excluding hydrogens is 580 g/mol. The van der Waals surface area contributed by atoms with Gasteiger partial charge in [0.1, 0.15) is 23.5 Å². The summed E-state index contributed by atoms with van der Waals surface area (Å²) in [5.41, 5.74) is 0.990. The lowest BCUT2D eigenvalue weighted by atomic mass is 9.92. The molecule has 1 aliphatic heterocycles. The number of methoxy groups -OCH3 is 2. The van der Waals surface area contributed by atoms with Crippen LogP contribution in [0.1, 0.15) is 53.6 Å². The van der Waals surface area contributed by atoms with Crippen molar-refractivity contribution in [1.29, 1.82) is 0 Å². The maximum absolute atomic E-state index is 14.1. The standard InChI is InChI=1S/C31H35ClN2O9/c1-31(2,17-35)16-34-22-9-8-18(32)14-21(22)27(20-6-5-7-24(40-3)28(20)41-4)43-25(29(34)37)15-26(36)33-12-10-23-19(30(38)39)11-13-42-23/h5-9,11,13-14,25,27,35H,10,12,15-17H2,1-4H3,(H,33,36)(H,38,39)/t25-,27-/m1/s1. The van der Waals surface area contributed by atoms with Crippen molar-refractivity contribution in [3.63, 3.8) is 0 Å². The Morgan fingerprint density at radius 3 is 2.56 bits per heavy atom. The second-order valence-corrected chi connectivity index (χ2v) is 11.3. The van der Waals surface area contributed by atoms with Crippen LogP contribution >= 0.6 is 11.6 Å². The quantitative estimate of drug-likeness (QED) is 0.272. The normalized spacial score (nSPS) is 16.8. The molecule has 0 spiro atoms. The third-order valence-corrected chi connectivity index (χ3v) is 7.39. The SMILES string of the molecule is COc1cccc([C@H]2O[C@H](CC(=O)NCCc3occc3C(=O)O)C(=O)N(CC(C)(C)CO)c3ccc(Cl)cc32)c1OC. The van der Waals surface area contributed by atoms with E-state index >= 15 is 0 Å². The second kappa shape index (κ2) is 13.5. The molecule has 12 heteroatoms. The minimum Gasteiger partial charge on any atom is -0.493 e. The molecule has 4 rings (SSSR count). The Kier molecular flexibility index (Phi) is 10.0. The summed E-state index contributed by atoms with van der Waals surface area (Å²) in [4.78, 5) is 40.2. The highest BCUT2D eigenvalue weighted by Gasteiger charge is 2.40. The summed E-state index contributed by atoms with van der Waals surface area (Å²) in [6, 6.07) is 11.7. The van der Waals surface area contributed by atoms with Gasteiger partial charge in [0.15, 0.2) is 11.5 Å². The lowest BCUT2D eigenvalue weighted by molar-refractivity contribution is -0.138. The number of nitrogens with one attached hydrogen (secondary N) is 1. The number of furan rings is 1. The first kappa shape index (κ1) is 31.9. The van der Waals surface area contributed by atoms with Gasteiger partial charge in [-0.2, -0.15) is 0 Å². The molecule has 2 heterocycles. The molecule has 2 amide bonds. The smallest absolute Gasteiger partial charge is 0.339 e. The van der Waals surface area contributed by atoms with Crippen LogP contribution in [-0.4, -0.2) is 68.0 Å². The molecule has 0 saturated carbocycles. The molecule has 0 bridgehead atoms. The van der Waals surface area contributed by atoms with Gasteiger partial charge in [-0.15, -0.1) is 0 Å². The molecule has 1 aromatic heterocycles. The molecule has 2 aromatic carbocycles. The van der Waals surface area contributed by atoms with E-state index in [9.17, 15) is 24.6 Å². The molecule has 0 radical (unpaired) electrons. The summed E-state index contributed by atoms with van der Waals surface area (Å²) in [5.74, 6) is -1.00. The Balaban J connectivity index is 1.70. The molecule has 1 aliphatic rings. The summed E-state index contributed by atoms with van der Waals surface area (Å²) in [5, 5.41) is 22.5. The average Bonchev–Trinajstić information content (AvgIpc) is 3.43. The molecule has 0 unspecified atom stereocenters. The summed E-state index contributed by atoms with van der Waals surface area (Å²) >= 11 is 6.45. The molecule has 230 valence electrons. The Morgan fingerprint density at radius 2 is 1.88 bits per heavy atom. The monoisotopic (exact) mass is 614 g/mol. The summed E-state index contributed by atoms with van der Waals surface area (Å²) in [7, 11) is 3.01. The highest BCUT2D eigenvalue weighted by Crippen LogP contribution is 2.45. The number of carbonyl (C=O) groups excluding carboxylic acids is 2. The van der Waals surface area contributed by atoms with E-state index < -0.39 is 35.4 Å². The highest BCUT2D eigenvalue weighted by atomic mass is 35.5. The molecule has 0 saturated heterocycles. The van der Waals surface area contributed by atoms with Crippen molar-refractivity contribution in [3.8, 4) is 11.5 Å². The molecule has 0 aliphatic carbocycles. The summed E-state index contributed by atoms with van der Waals surface area (Å²) in [6.07, 6.45) is -1.03. The number of fused-ring (bicyclic) bond motifs is 1. The van der Waals surface area contributed by atoms with E-state index in [1.54, 1.807) is 36.4 Å². The first-order valence-electron chi connectivity index (χ1n) is 13.6. The van der Waals surface area contributed by atoms with Crippen molar-refractivity contribution in [1.82, 2.24) is 5.32 Å². The van der Waals surface area contributed by atoms with Crippen LogP contribution in [0.3, 0.4) is 0 Å². The number of halogens is 1. The zero-order valence-electron chi connectivity index (χ0n) is 24.4. The summed E-state index contributed by atoms with van der Waals surface area (Å²) < 4.78 is 22.9. The van der Waals surface area contributed by atoms with E-state index in [0.29, 0.717) is 33.3 Å². The molecule has 0 fully saturated rings. The number of carboxylic acid groups (broad SMARTS) is 1. The highest BCUT2D eigenvalue weighted by molar-refractivity contribution is 6.30. The van der Waals surface area contributed by atoms with Gasteiger partial charge in [-0.05, 0) is 30.3 Å². The summed E-state index contributed by atoms with van der Waals surface area (Å²) in [6.45, 7) is 3.68. The first-order valence-corrected chi connectivity index (χ1v) is 14.0. The topological polar surface area (TPSA) is 148 Å². The Bertz CT molecular complexity index is 1490. The minimum atomic E-state index is -1.24. The zero-order chi connectivity index (χ0) is 31.3. The van der Waals surface area contributed by atoms with Crippen LogP contribution in [0.2, 0.25) is 5.02 Å². The van der Waals surface area contributed by atoms with Crippen LogP contribution in [0, 0.1) is 5.41 Å². The predicted octanol–water partition coefficient (Wildman–Crippen LogP) is 4.24. The second-order valence-electron chi connectivity index (χ2n) is 10.9. The number of ether oxygens (including phenoxy) is 3. The molecule has 2 atom stereocenters. The van der Waals surface area contributed by atoms with Crippen molar-refractivity contribution in [3.05, 3.63) is 76.2 Å². The van der Waals surface area contributed by atoms with Crippen molar-refractivity contribution in [2.75, 3.05) is 38.8 Å². The predicted molar refractivity (Wildman–Crippen MR) is 158 cm³/mol. The number of benzene rings is 2. The number of anilines is 1. The fourth-order valence-electron chi connectivity index (χ4n) is 4.99. The van der Waals surface area contributed by atoms with Gasteiger partial charge < -0.3 is 39.1 Å². The van der Waals surface area contributed by atoms with Gasteiger partial charge in [-0.1, -0.05) is 37.6 Å². The van der Waals surface area contributed by atoms with Gasteiger partial charge in [-0.25, -0.2) is 4.79 Å². The number of aliphatic hydroxyl groups excluding tert-OH is 1. The molecule has 43 heavy (non-hydrogen) atoms. The van der Waals surface area contributed by atoms with Crippen LogP contribution in [0.25, 0.3) is 0 Å². The Morgan fingerprint density at radius 1 is 1.12 bits per heavy atom. The van der Waals surface area contributed by atoms with Crippen LogP contribution in [-0.2, 0) is 20.7 Å². The van der Waals surface area contributed by atoms with E-state index in [1.807, 2.05) is 13.8 Å². The number of rotatable bonds is 12. The number of carbonyl (C=O) groups is 3. The third kappa shape index (κ3) is 7.12. The van der Waals surface area contributed by atoms with Crippen molar-refractivity contribution in [2.45, 2.75) is 38.9 Å². The number of aliphatic hydroxyl groups is 1. The Labute approximate surface area is 254 Å². The number of nitrogens with zero attached hydrogens (tertiary/aromatic N) is 1. The van der Waals surface area contributed by atoms with Gasteiger partial charge in [0.2, 0.25) is 5.91 Å². The zero-order valence-corrected chi connectivity index (χ0v) is 25.1. The maximum Gasteiger partial charge on any atom is 0.339 e. The van der Waals surface area contributed by atoms with Crippen LogP contribution in [0.15, 0.2) is 53.1 Å². The number of carboxylic acids is 1. The van der Waals surface area contributed by atoms with Crippen LogP contribution in [0.5, 0.6) is 11.5 Å². The van der Waals surface area contributed by atoms with Crippen molar-refractivity contribution in [2.24, 2.45) is 5.41 Å². The number of aromatic carboxylic acids is 1. The van der Waals surface area contributed by atoms with E-state index in [0.717, 1.165) is 0 Å². The van der Waals surface area contributed by atoms with E-state index in [4.69, 9.17) is 30.2 Å². The molecular formula is C31H35ClN2O9. The largest absolute Gasteiger partial charge is 0.493 e. The van der Waals surface area contributed by atoms with Crippen LogP contribution < -0.4 is 19.7 Å². The van der Waals surface area contributed by atoms with Crippen molar-refractivity contribution < 1.29 is 43.2 Å². The van der Waals surface area contributed by atoms with Gasteiger partial charge in [0.25, 0.3) is 5.91 Å². The van der Waals surface area contributed by atoms with Gasteiger partial charge in [-0.3, -0.25) is 9.59 Å². The van der Waals surface area contributed by atoms with E-state index in [-0.39, 0.29) is 43.9 Å².